The maximum Gasteiger partial charge on any atom is 0.340 e. The highest BCUT2D eigenvalue weighted by Gasteiger charge is 2.14. The van der Waals surface area contributed by atoms with E-state index >= 15 is 0 Å². The van der Waals surface area contributed by atoms with Crippen LogP contribution in [0.5, 0.6) is 0 Å². The lowest BCUT2D eigenvalue weighted by molar-refractivity contribution is 0.0595. The molecular weight excluding hydrogens is 261 g/mol. The Hall–Kier alpha value is -2.37. The molecule has 1 unspecified atom stereocenters. The first-order valence-corrected chi connectivity index (χ1v) is 6.14. The first-order chi connectivity index (χ1) is 9.51. The van der Waals surface area contributed by atoms with Crippen molar-refractivity contribution in [2.24, 2.45) is 7.05 Å². The molecule has 1 atom stereocenters. The number of hydrogen-bond donors (Lipinski definition) is 1. The van der Waals surface area contributed by atoms with Gasteiger partial charge in [-0.3, -0.25) is 4.68 Å². The molecule has 1 aromatic heterocycles. The van der Waals surface area contributed by atoms with Gasteiger partial charge in [-0.15, -0.1) is 0 Å². The molecule has 0 spiro atoms. The lowest BCUT2D eigenvalue weighted by Crippen LogP contribution is -2.09. The normalized spacial score (nSPS) is 12.0. The predicted octanol–water partition coefficient (Wildman–Crippen LogP) is 2.52. The van der Waals surface area contributed by atoms with Crippen molar-refractivity contribution in [3.05, 3.63) is 47.5 Å². The maximum absolute atomic E-state index is 13.5. The molecule has 0 radical (unpaired) electrons. The lowest BCUT2D eigenvalue weighted by Gasteiger charge is -2.14. The molecule has 2 rings (SSSR count). The van der Waals surface area contributed by atoms with Crippen LogP contribution in [0, 0.1) is 5.82 Å². The fourth-order valence-electron chi connectivity index (χ4n) is 1.88. The van der Waals surface area contributed by atoms with E-state index in [1.807, 2.05) is 20.2 Å². The van der Waals surface area contributed by atoms with E-state index in [9.17, 15) is 9.18 Å². The molecule has 1 aromatic carbocycles. The third-order valence-corrected chi connectivity index (χ3v) is 2.98. The number of aromatic nitrogens is 2. The van der Waals surface area contributed by atoms with E-state index in [0.717, 1.165) is 5.56 Å². The number of nitrogens with one attached hydrogen (secondary N) is 1. The Labute approximate surface area is 116 Å². The van der Waals surface area contributed by atoms with Gasteiger partial charge in [0, 0.05) is 24.5 Å². The van der Waals surface area contributed by atoms with Crippen molar-refractivity contribution in [3.8, 4) is 0 Å². The average Bonchev–Trinajstić information content (AvgIpc) is 2.87. The van der Waals surface area contributed by atoms with Crippen LogP contribution < -0.4 is 5.32 Å². The van der Waals surface area contributed by atoms with Crippen LogP contribution in [0.2, 0.25) is 0 Å². The molecule has 1 heterocycles. The third kappa shape index (κ3) is 2.96. The van der Waals surface area contributed by atoms with Gasteiger partial charge in [0.25, 0.3) is 0 Å². The Kier molecular flexibility index (Phi) is 4.02. The van der Waals surface area contributed by atoms with Crippen molar-refractivity contribution in [2.45, 2.75) is 13.0 Å². The first-order valence-electron chi connectivity index (χ1n) is 6.14. The molecule has 0 aliphatic carbocycles. The highest BCUT2D eigenvalue weighted by atomic mass is 19.1. The lowest BCUT2D eigenvalue weighted by atomic mass is 10.1. The number of halogens is 1. The Balaban J connectivity index is 2.19. The minimum absolute atomic E-state index is 0.0142. The Morgan fingerprint density at radius 3 is 2.85 bits per heavy atom. The number of methoxy groups -OCH3 is 1. The van der Waals surface area contributed by atoms with E-state index in [0.29, 0.717) is 5.69 Å². The average molecular weight is 277 g/mol. The van der Waals surface area contributed by atoms with Crippen molar-refractivity contribution >= 4 is 11.7 Å². The fraction of sp³-hybridized carbons (Fsp3) is 0.286. The second-order valence-corrected chi connectivity index (χ2v) is 4.50. The van der Waals surface area contributed by atoms with Crippen LogP contribution in [0.4, 0.5) is 10.1 Å². The number of carbonyl (C=O) groups is 1. The van der Waals surface area contributed by atoms with Gasteiger partial charge in [-0.2, -0.15) is 5.10 Å². The number of nitrogens with zero attached hydrogens (tertiary/aromatic N) is 2. The summed E-state index contributed by atoms with van der Waals surface area (Å²) in [5, 5.41) is 7.29. The fourth-order valence-corrected chi connectivity index (χ4v) is 1.88. The minimum Gasteiger partial charge on any atom is -0.465 e. The molecule has 5 nitrogen and oxygen atoms in total. The van der Waals surface area contributed by atoms with Crippen LogP contribution in [0.25, 0.3) is 0 Å². The van der Waals surface area contributed by atoms with Gasteiger partial charge in [0.05, 0.1) is 24.9 Å². The molecule has 0 fully saturated rings. The van der Waals surface area contributed by atoms with Crippen molar-refractivity contribution < 1.29 is 13.9 Å². The molecule has 1 N–H and O–H groups in total. The van der Waals surface area contributed by atoms with Crippen molar-refractivity contribution in [1.29, 1.82) is 0 Å². The van der Waals surface area contributed by atoms with Crippen LogP contribution in [-0.4, -0.2) is 22.9 Å². The van der Waals surface area contributed by atoms with E-state index in [-0.39, 0.29) is 11.6 Å². The van der Waals surface area contributed by atoms with Gasteiger partial charge in [0.2, 0.25) is 0 Å². The number of hydrogen-bond acceptors (Lipinski definition) is 4. The smallest absolute Gasteiger partial charge is 0.340 e. The standard InChI is InChI=1S/C14H16FN3O2/c1-9(10-7-16-18(2)8-10)17-11-4-5-13(15)12(6-11)14(19)20-3/h4-9,17H,1-3H3. The van der Waals surface area contributed by atoms with Gasteiger partial charge in [0.1, 0.15) is 5.82 Å². The van der Waals surface area contributed by atoms with Crippen molar-refractivity contribution in [3.63, 3.8) is 0 Å². The Bertz CT molecular complexity index is 625. The molecule has 0 aliphatic heterocycles. The second-order valence-electron chi connectivity index (χ2n) is 4.50. The summed E-state index contributed by atoms with van der Waals surface area (Å²) in [5.41, 5.74) is 1.55. The van der Waals surface area contributed by atoms with E-state index in [1.54, 1.807) is 16.9 Å². The minimum atomic E-state index is -0.694. The van der Waals surface area contributed by atoms with E-state index in [4.69, 9.17) is 0 Å². The number of ether oxygens (including phenoxy) is 1. The molecule has 0 saturated heterocycles. The Morgan fingerprint density at radius 2 is 2.25 bits per heavy atom. The molecule has 0 bridgehead atoms. The highest BCUT2D eigenvalue weighted by molar-refractivity contribution is 5.90. The first kappa shape index (κ1) is 14.0. The number of anilines is 1. The van der Waals surface area contributed by atoms with Gasteiger partial charge >= 0.3 is 5.97 Å². The summed E-state index contributed by atoms with van der Waals surface area (Å²) >= 11 is 0. The summed E-state index contributed by atoms with van der Waals surface area (Å²) < 4.78 is 19.8. The molecular formula is C14H16FN3O2. The molecule has 106 valence electrons. The number of aryl methyl sites for hydroxylation is 1. The van der Waals surface area contributed by atoms with Gasteiger partial charge in [-0.1, -0.05) is 0 Å². The molecule has 0 saturated carbocycles. The zero-order valence-corrected chi connectivity index (χ0v) is 11.6. The quantitative estimate of drug-likeness (QED) is 0.872. The van der Waals surface area contributed by atoms with Gasteiger partial charge < -0.3 is 10.1 Å². The molecule has 0 amide bonds. The summed E-state index contributed by atoms with van der Waals surface area (Å²) in [4.78, 5) is 11.4. The molecule has 0 aliphatic rings. The summed E-state index contributed by atoms with van der Waals surface area (Å²) in [6.07, 6.45) is 3.64. The van der Waals surface area contributed by atoms with E-state index in [1.165, 1.54) is 19.2 Å². The third-order valence-electron chi connectivity index (χ3n) is 2.98. The van der Waals surface area contributed by atoms with Crippen LogP contribution in [0.3, 0.4) is 0 Å². The van der Waals surface area contributed by atoms with Gasteiger partial charge in [-0.25, -0.2) is 9.18 Å². The molecule has 2 aromatic rings. The van der Waals surface area contributed by atoms with Crippen LogP contribution in [-0.2, 0) is 11.8 Å². The topological polar surface area (TPSA) is 56.1 Å². The number of esters is 1. The predicted molar refractivity (Wildman–Crippen MR) is 73.0 cm³/mol. The van der Waals surface area contributed by atoms with Crippen LogP contribution in [0.1, 0.15) is 28.9 Å². The van der Waals surface area contributed by atoms with E-state index < -0.39 is 11.8 Å². The summed E-state index contributed by atoms with van der Waals surface area (Å²) in [6.45, 7) is 1.96. The second kappa shape index (κ2) is 5.73. The zero-order valence-electron chi connectivity index (χ0n) is 11.6. The SMILES string of the molecule is COC(=O)c1cc(NC(C)c2cnn(C)c2)ccc1F. The molecule has 20 heavy (non-hydrogen) atoms. The highest BCUT2D eigenvalue weighted by Crippen LogP contribution is 2.21. The number of rotatable bonds is 4. The molecule has 6 heteroatoms. The number of benzene rings is 1. The summed E-state index contributed by atoms with van der Waals surface area (Å²) in [6, 6.07) is 4.24. The summed E-state index contributed by atoms with van der Waals surface area (Å²) in [5.74, 6) is -1.29. The number of carbonyl (C=O) groups excluding carboxylic acids is 1. The monoisotopic (exact) mass is 277 g/mol. The van der Waals surface area contributed by atoms with Crippen LogP contribution in [0.15, 0.2) is 30.6 Å². The zero-order chi connectivity index (χ0) is 14.7. The van der Waals surface area contributed by atoms with Crippen molar-refractivity contribution in [2.75, 3.05) is 12.4 Å². The van der Waals surface area contributed by atoms with Crippen LogP contribution >= 0.6 is 0 Å². The largest absolute Gasteiger partial charge is 0.465 e. The van der Waals surface area contributed by atoms with E-state index in [2.05, 4.69) is 15.2 Å². The maximum atomic E-state index is 13.5. The van der Waals surface area contributed by atoms with Gasteiger partial charge in [0.15, 0.2) is 0 Å². The van der Waals surface area contributed by atoms with Gasteiger partial charge in [-0.05, 0) is 25.1 Å². The summed E-state index contributed by atoms with van der Waals surface area (Å²) in [7, 11) is 3.06. The Morgan fingerprint density at radius 1 is 1.50 bits per heavy atom. The van der Waals surface area contributed by atoms with Crippen molar-refractivity contribution in [1.82, 2.24) is 9.78 Å².